The Morgan fingerprint density at radius 3 is 2.90 bits per heavy atom. The van der Waals surface area contributed by atoms with E-state index in [1.807, 2.05) is 19.9 Å². The first-order valence-corrected chi connectivity index (χ1v) is 7.51. The van der Waals surface area contributed by atoms with Crippen molar-refractivity contribution in [2.75, 3.05) is 13.2 Å². The van der Waals surface area contributed by atoms with Gasteiger partial charge >= 0.3 is 0 Å². The molecule has 0 bridgehead atoms. The third-order valence-electron chi connectivity index (χ3n) is 4.21. The highest BCUT2D eigenvalue weighted by molar-refractivity contribution is 5.92. The fraction of sp³-hybridized carbons (Fsp3) is 0.562. The second-order valence-corrected chi connectivity index (χ2v) is 5.91. The van der Waals surface area contributed by atoms with Gasteiger partial charge in [-0.25, -0.2) is 4.39 Å². The SMILES string of the molecule is CCOC(C)CN1C(=O)C2(CC2)NC1c1cccc(F)c1. The van der Waals surface area contributed by atoms with Crippen LogP contribution in [0.3, 0.4) is 0 Å². The number of ether oxygens (including phenoxy) is 1. The molecule has 3 rings (SSSR count). The zero-order valence-corrected chi connectivity index (χ0v) is 12.4. The number of rotatable bonds is 5. The van der Waals surface area contributed by atoms with Crippen molar-refractivity contribution in [3.63, 3.8) is 0 Å². The van der Waals surface area contributed by atoms with E-state index in [1.165, 1.54) is 12.1 Å². The molecule has 2 atom stereocenters. The summed E-state index contributed by atoms with van der Waals surface area (Å²) in [5.41, 5.74) is 0.374. The fourth-order valence-corrected chi connectivity index (χ4v) is 3.02. The molecule has 1 saturated heterocycles. The standard InChI is InChI=1S/C16H21FN2O2/c1-3-21-11(2)10-19-14(12-5-4-6-13(17)9-12)18-16(7-8-16)15(19)20/h4-6,9,11,14,18H,3,7-8,10H2,1-2H3. The van der Waals surface area contributed by atoms with E-state index < -0.39 is 5.54 Å². The maximum absolute atomic E-state index is 13.5. The molecular formula is C16H21FN2O2. The molecule has 1 N–H and O–H groups in total. The molecule has 2 aliphatic rings. The molecule has 1 aliphatic heterocycles. The van der Waals surface area contributed by atoms with E-state index in [1.54, 1.807) is 11.0 Å². The molecule has 114 valence electrons. The maximum Gasteiger partial charge on any atom is 0.244 e. The van der Waals surface area contributed by atoms with Gasteiger partial charge < -0.3 is 9.64 Å². The first kappa shape index (κ1) is 14.5. The average Bonchev–Trinajstić information content (AvgIpc) is 3.18. The first-order valence-electron chi connectivity index (χ1n) is 7.51. The molecule has 5 heteroatoms. The van der Waals surface area contributed by atoms with Crippen LogP contribution in [0.25, 0.3) is 0 Å². The van der Waals surface area contributed by atoms with Crippen molar-refractivity contribution in [2.24, 2.45) is 0 Å². The third-order valence-corrected chi connectivity index (χ3v) is 4.21. The average molecular weight is 292 g/mol. The lowest BCUT2D eigenvalue weighted by Gasteiger charge is -2.27. The van der Waals surface area contributed by atoms with Crippen molar-refractivity contribution in [2.45, 2.75) is 44.5 Å². The van der Waals surface area contributed by atoms with Gasteiger partial charge in [0.25, 0.3) is 0 Å². The number of amides is 1. The molecule has 0 radical (unpaired) electrons. The highest BCUT2D eigenvalue weighted by Gasteiger charge is 2.59. The minimum atomic E-state index is -0.414. The number of benzene rings is 1. The van der Waals surface area contributed by atoms with Crippen LogP contribution in [-0.4, -0.2) is 35.6 Å². The summed E-state index contributed by atoms with van der Waals surface area (Å²) in [5, 5.41) is 3.39. The lowest BCUT2D eigenvalue weighted by molar-refractivity contribution is -0.132. The molecule has 1 spiro atoms. The zero-order valence-electron chi connectivity index (χ0n) is 12.4. The predicted octanol–water partition coefficient (Wildman–Crippen LogP) is 2.21. The van der Waals surface area contributed by atoms with Gasteiger partial charge in [-0.3, -0.25) is 10.1 Å². The summed E-state index contributed by atoms with van der Waals surface area (Å²) >= 11 is 0. The van der Waals surface area contributed by atoms with Crippen LogP contribution >= 0.6 is 0 Å². The van der Waals surface area contributed by atoms with E-state index in [2.05, 4.69) is 5.32 Å². The minimum Gasteiger partial charge on any atom is -0.377 e. The quantitative estimate of drug-likeness (QED) is 0.904. The highest BCUT2D eigenvalue weighted by atomic mass is 19.1. The summed E-state index contributed by atoms with van der Waals surface area (Å²) in [6.45, 7) is 5.03. The van der Waals surface area contributed by atoms with Gasteiger partial charge in [0.15, 0.2) is 0 Å². The number of hydrogen-bond acceptors (Lipinski definition) is 3. The Balaban J connectivity index is 1.84. The third kappa shape index (κ3) is 2.68. The van der Waals surface area contributed by atoms with Gasteiger partial charge in [-0.2, -0.15) is 0 Å². The molecule has 2 unspecified atom stereocenters. The Kier molecular flexibility index (Phi) is 3.71. The van der Waals surface area contributed by atoms with Crippen LogP contribution in [0, 0.1) is 5.82 Å². The van der Waals surface area contributed by atoms with Gasteiger partial charge in [-0.1, -0.05) is 12.1 Å². The fourth-order valence-electron chi connectivity index (χ4n) is 3.02. The van der Waals surface area contributed by atoms with E-state index in [-0.39, 0.29) is 24.0 Å². The Labute approximate surface area is 124 Å². The molecule has 21 heavy (non-hydrogen) atoms. The van der Waals surface area contributed by atoms with E-state index in [0.717, 1.165) is 18.4 Å². The summed E-state index contributed by atoms with van der Waals surface area (Å²) in [6.07, 6.45) is 1.42. The molecule has 1 amide bonds. The normalized spacial score (nSPS) is 24.6. The van der Waals surface area contributed by atoms with Crippen LogP contribution in [0.5, 0.6) is 0 Å². The van der Waals surface area contributed by atoms with E-state index in [4.69, 9.17) is 4.74 Å². The Morgan fingerprint density at radius 2 is 2.29 bits per heavy atom. The van der Waals surface area contributed by atoms with E-state index >= 15 is 0 Å². The van der Waals surface area contributed by atoms with Crippen molar-refractivity contribution in [3.8, 4) is 0 Å². The summed E-state index contributed by atoms with van der Waals surface area (Å²) in [4.78, 5) is 14.4. The Hall–Kier alpha value is -1.46. The van der Waals surface area contributed by atoms with Crippen LogP contribution in [0.4, 0.5) is 4.39 Å². The summed E-state index contributed by atoms with van der Waals surface area (Å²) < 4.78 is 19.0. The molecule has 1 saturated carbocycles. The molecule has 1 heterocycles. The van der Waals surface area contributed by atoms with E-state index in [0.29, 0.717) is 13.2 Å². The predicted molar refractivity (Wildman–Crippen MR) is 77.0 cm³/mol. The second-order valence-electron chi connectivity index (χ2n) is 5.91. The van der Waals surface area contributed by atoms with Crippen LogP contribution in [0.15, 0.2) is 24.3 Å². The van der Waals surface area contributed by atoms with Crippen LogP contribution in [0.1, 0.15) is 38.4 Å². The molecule has 1 aliphatic carbocycles. The summed E-state index contributed by atoms with van der Waals surface area (Å²) in [5.74, 6) is -0.167. The topological polar surface area (TPSA) is 41.6 Å². The summed E-state index contributed by atoms with van der Waals surface area (Å²) in [7, 11) is 0. The number of nitrogens with one attached hydrogen (secondary N) is 1. The molecule has 2 fully saturated rings. The monoisotopic (exact) mass is 292 g/mol. The van der Waals surface area contributed by atoms with Crippen LogP contribution in [0.2, 0.25) is 0 Å². The lowest BCUT2D eigenvalue weighted by atomic mass is 10.1. The van der Waals surface area contributed by atoms with Crippen molar-refractivity contribution in [1.29, 1.82) is 0 Å². The molecule has 1 aromatic rings. The van der Waals surface area contributed by atoms with E-state index in [9.17, 15) is 9.18 Å². The Morgan fingerprint density at radius 1 is 1.52 bits per heavy atom. The number of hydrogen-bond donors (Lipinski definition) is 1. The lowest BCUT2D eigenvalue weighted by Crippen LogP contribution is -2.37. The van der Waals surface area contributed by atoms with Crippen molar-refractivity contribution < 1.29 is 13.9 Å². The molecular weight excluding hydrogens is 271 g/mol. The maximum atomic E-state index is 13.5. The largest absolute Gasteiger partial charge is 0.377 e. The Bertz CT molecular complexity index is 545. The number of carbonyl (C=O) groups excluding carboxylic acids is 1. The number of nitrogens with zero attached hydrogens (tertiary/aromatic N) is 1. The number of carbonyl (C=O) groups is 1. The van der Waals surface area contributed by atoms with Crippen molar-refractivity contribution >= 4 is 5.91 Å². The summed E-state index contributed by atoms with van der Waals surface area (Å²) in [6, 6.07) is 6.44. The van der Waals surface area contributed by atoms with Gasteiger partial charge in [0.05, 0.1) is 6.10 Å². The van der Waals surface area contributed by atoms with Gasteiger partial charge in [-0.15, -0.1) is 0 Å². The van der Waals surface area contributed by atoms with Gasteiger partial charge in [-0.05, 0) is 44.4 Å². The molecule has 0 aromatic heterocycles. The van der Waals surface area contributed by atoms with Gasteiger partial charge in [0.2, 0.25) is 5.91 Å². The highest BCUT2D eigenvalue weighted by Crippen LogP contribution is 2.46. The zero-order chi connectivity index (χ0) is 15.0. The van der Waals surface area contributed by atoms with Gasteiger partial charge in [0.1, 0.15) is 17.5 Å². The van der Waals surface area contributed by atoms with Crippen molar-refractivity contribution in [1.82, 2.24) is 10.2 Å². The smallest absolute Gasteiger partial charge is 0.244 e. The molecule has 1 aromatic carbocycles. The number of halogens is 1. The molecule has 4 nitrogen and oxygen atoms in total. The van der Waals surface area contributed by atoms with Crippen molar-refractivity contribution in [3.05, 3.63) is 35.6 Å². The minimum absolute atomic E-state index is 0.0364. The second kappa shape index (κ2) is 5.39. The van der Waals surface area contributed by atoms with Crippen LogP contribution < -0.4 is 5.32 Å². The van der Waals surface area contributed by atoms with Crippen LogP contribution in [-0.2, 0) is 9.53 Å². The van der Waals surface area contributed by atoms with Gasteiger partial charge in [0, 0.05) is 13.2 Å². The first-order chi connectivity index (χ1) is 10.1.